The number of methoxy groups -OCH3 is 1. The summed E-state index contributed by atoms with van der Waals surface area (Å²) in [7, 11) is 1.46. The summed E-state index contributed by atoms with van der Waals surface area (Å²) in [4.78, 5) is 44.4. The Kier molecular flexibility index (Phi) is 7.07. The summed E-state index contributed by atoms with van der Waals surface area (Å²) in [6.07, 6.45) is 2.72. The highest BCUT2D eigenvalue weighted by molar-refractivity contribution is 6.51. The van der Waals surface area contributed by atoms with Gasteiger partial charge in [0.05, 0.1) is 35.4 Å². The number of aliphatic hydroxyl groups excluding tert-OH is 1. The molecule has 2 aromatic carbocycles. The van der Waals surface area contributed by atoms with Crippen LogP contribution in [-0.2, 0) is 14.3 Å². The van der Waals surface area contributed by atoms with E-state index >= 15 is 0 Å². The molecule has 0 radical (unpaired) electrons. The zero-order chi connectivity index (χ0) is 26.0. The maximum absolute atomic E-state index is 13.3. The molecule has 1 aliphatic heterocycles. The fourth-order valence-corrected chi connectivity index (χ4v) is 4.25. The Bertz CT molecular complexity index is 1370. The van der Waals surface area contributed by atoms with Crippen LogP contribution < -0.4 is 9.64 Å². The number of benzene rings is 2. The number of ether oxygens (including phenoxy) is 2. The van der Waals surface area contributed by atoms with Gasteiger partial charge in [0, 0.05) is 23.6 Å². The van der Waals surface area contributed by atoms with E-state index in [1.54, 1.807) is 56.3 Å². The Morgan fingerprint density at radius 3 is 2.42 bits per heavy atom. The number of ketones is 1. The first-order valence-electron chi connectivity index (χ1n) is 11.1. The molecule has 3 aromatic rings. The molecule has 4 rings (SSSR count). The molecule has 0 spiro atoms. The van der Waals surface area contributed by atoms with Gasteiger partial charge in [0.1, 0.15) is 11.5 Å². The van der Waals surface area contributed by atoms with E-state index in [4.69, 9.17) is 21.1 Å². The van der Waals surface area contributed by atoms with Crippen molar-refractivity contribution in [2.75, 3.05) is 12.0 Å². The van der Waals surface area contributed by atoms with E-state index in [0.29, 0.717) is 17.0 Å². The Morgan fingerprint density at radius 2 is 1.78 bits per heavy atom. The Balaban J connectivity index is 1.88. The molecule has 8 nitrogen and oxygen atoms in total. The van der Waals surface area contributed by atoms with E-state index in [-0.39, 0.29) is 27.8 Å². The van der Waals surface area contributed by atoms with E-state index in [1.807, 2.05) is 0 Å². The van der Waals surface area contributed by atoms with E-state index < -0.39 is 29.5 Å². The third-order valence-corrected chi connectivity index (χ3v) is 5.89. The monoisotopic (exact) mass is 506 g/mol. The van der Waals surface area contributed by atoms with Crippen molar-refractivity contribution in [1.29, 1.82) is 0 Å². The van der Waals surface area contributed by atoms with Crippen molar-refractivity contribution in [2.45, 2.75) is 26.0 Å². The van der Waals surface area contributed by atoms with Gasteiger partial charge in [0.15, 0.2) is 0 Å². The second-order valence-corrected chi connectivity index (χ2v) is 8.71. The molecule has 1 atom stereocenters. The third-order valence-electron chi connectivity index (χ3n) is 5.59. The van der Waals surface area contributed by atoms with Gasteiger partial charge >= 0.3 is 5.97 Å². The van der Waals surface area contributed by atoms with Crippen LogP contribution in [0.15, 0.2) is 72.6 Å². The zero-order valence-corrected chi connectivity index (χ0v) is 20.5. The number of Topliss-reactive ketones (excluding diaryl/α,β-unsaturated/α-hetero) is 1. The fraction of sp³-hybridized carbons (Fsp3) is 0.185. The summed E-state index contributed by atoms with van der Waals surface area (Å²) in [5, 5.41) is 11.5. The lowest BCUT2D eigenvalue weighted by Gasteiger charge is -2.25. The molecule has 1 N–H and O–H groups in total. The summed E-state index contributed by atoms with van der Waals surface area (Å²) in [5.74, 6) is -2.29. The van der Waals surface area contributed by atoms with Crippen LogP contribution in [0.3, 0.4) is 0 Å². The molecule has 0 saturated carbocycles. The van der Waals surface area contributed by atoms with Crippen molar-refractivity contribution in [3.63, 3.8) is 0 Å². The lowest BCUT2D eigenvalue weighted by atomic mass is 9.95. The molecule has 1 amide bonds. The highest BCUT2D eigenvalue weighted by atomic mass is 35.5. The lowest BCUT2D eigenvalue weighted by molar-refractivity contribution is -0.132. The van der Waals surface area contributed by atoms with Crippen LogP contribution in [-0.4, -0.2) is 41.0 Å². The van der Waals surface area contributed by atoms with Crippen molar-refractivity contribution >= 4 is 40.7 Å². The largest absolute Gasteiger partial charge is 0.507 e. The number of carbonyl (C=O) groups excluding carboxylic acids is 3. The molecule has 184 valence electrons. The van der Waals surface area contributed by atoms with Gasteiger partial charge in [0.2, 0.25) is 0 Å². The van der Waals surface area contributed by atoms with Crippen molar-refractivity contribution in [2.24, 2.45) is 0 Å². The van der Waals surface area contributed by atoms with E-state index in [9.17, 15) is 19.5 Å². The van der Waals surface area contributed by atoms with Crippen LogP contribution in [0.4, 0.5) is 5.69 Å². The quantitative estimate of drug-likeness (QED) is 0.218. The van der Waals surface area contributed by atoms with Gasteiger partial charge in [-0.1, -0.05) is 17.7 Å². The number of carbonyl (C=O) groups is 3. The first-order chi connectivity index (χ1) is 17.2. The number of hydrogen-bond donors (Lipinski definition) is 1. The number of aliphatic hydroxyl groups is 1. The van der Waals surface area contributed by atoms with Gasteiger partial charge in [-0.05, 0) is 67.9 Å². The average molecular weight is 507 g/mol. The van der Waals surface area contributed by atoms with Crippen LogP contribution in [0.5, 0.6) is 5.75 Å². The standard InChI is InChI=1S/C27H23ClN2O6/c1-15(2)36-27(34)18-5-4-6-19(13-18)30-23(16-9-11-29-12-10-16)22(25(32)26(30)33)24(31)17-7-8-21(35-3)20(28)14-17/h4-15,23,31H,1-3H3/b24-22+. The number of aromatic nitrogens is 1. The molecule has 1 saturated heterocycles. The Morgan fingerprint density at radius 1 is 1.06 bits per heavy atom. The molecule has 1 aromatic heterocycles. The number of rotatable bonds is 6. The van der Waals surface area contributed by atoms with Gasteiger partial charge in [-0.3, -0.25) is 19.5 Å². The van der Waals surface area contributed by atoms with Crippen LogP contribution in [0.2, 0.25) is 5.02 Å². The average Bonchev–Trinajstić information content (AvgIpc) is 3.14. The molecule has 36 heavy (non-hydrogen) atoms. The molecular weight excluding hydrogens is 484 g/mol. The fourth-order valence-electron chi connectivity index (χ4n) is 3.99. The van der Waals surface area contributed by atoms with Crippen molar-refractivity contribution < 1.29 is 29.0 Å². The minimum atomic E-state index is -0.981. The lowest BCUT2D eigenvalue weighted by Crippen LogP contribution is -2.29. The van der Waals surface area contributed by atoms with Crippen molar-refractivity contribution in [1.82, 2.24) is 4.98 Å². The highest BCUT2D eigenvalue weighted by Gasteiger charge is 2.47. The van der Waals surface area contributed by atoms with Crippen LogP contribution >= 0.6 is 11.6 Å². The normalized spacial score (nSPS) is 16.9. The maximum Gasteiger partial charge on any atom is 0.338 e. The van der Waals surface area contributed by atoms with Crippen LogP contribution in [0.25, 0.3) is 5.76 Å². The minimum Gasteiger partial charge on any atom is -0.507 e. The van der Waals surface area contributed by atoms with Gasteiger partial charge in [0.25, 0.3) is 11.7 Å². The molecule has 1 aliphatic rings. The Hall–Kier alpha value is -4.17. The van der Waals surface area contributed by atoms with Crippen LogP contribution in [0.1, 0.15) is 41.4 Å². The van der Waals surface area contributed by atoms with Gasteiger partial charge in [-0.25, -0.2) is 4.79 Å². The summed E-state index contributed by atoms with van der Waals surface area (Å²) < 4.78 is 10.4. The molecule has 0 bridgehead atoms. The zero-order valence-electron chi connectivity index (χ0n) is 19.8. The number of pyridine rings is 1. The minimum absolute atomic E-state index is 0.123. The highest BCUT2D eigenvalue weighted by Crippen LogP contribution is 2.42. The van der Waals surface area contributed by atoms with Gasteiger partial charge in [-0.2, -0.15) is 0 Å². The summed E-state index contributed by atoms with van der Waals surface area (Å²) in [6.45, 7) is 3.46. The molecule has 0 aliphatic carbocycles. The molecular formula is C27H23ClN2O6. The number of hydrogen-bond acceptors (Lipinski definition) is 7. The molecule has 9 heteroatoms. The third kappa shape index (κ3) is 4.67. The van der Waals surface area contributed by atoms with E-state index in [0.717, 1.165) is 0 Å². The maximum atomic E-state index is 13.3. The number of halogens is 1. The Labute approximate surface area is 212 Å². The number of anilines is 1. The van der Waals surface area contributed by atoms with Gasteiger partial charge < -0.3 is 14.6 Å². The van der Waals surface area contributed by atoms with E-state index in [2.05, 4.69) is 4.98 Å². The predicted octanol–water partition coefficient (Wildman–Crippen LogP) is 4.94. The number of esters is 1. The summed E-state index contributed by atoms with van der Waals surface area (Å²) >= 11 is 6.23. The predicted molar refractivity (Wildman–Crippen MR) is 134 cm³/mol. The topological polar surface area (TPSA) is 106 Å². The first kappa shape index (κ1) is 24.9. The number of nitrogens with zero attached hydrogens (tertiary/aromatic N) is 2. The summed E-state index contributed by atoms with van der Waals surface area (Å²) in [6, 6.07) is 13.1. The summed E-state index contributed by atoms with van der Waals surface area (Å²) in [5.41, 5.74) is 1.18. The second kappa shape index (κ2) is 10.2. The number of amides is 1. The first-order valence-corrected chi connectivity index (χ1v) is 11.5. The van der Waals surface area contributed by atoms with Crippen LogP contribution in [0, 0.1) is 0 Å². The van der Waals surface area contributed by atoms with Gasteiger partial charge in [-0.15, -0.1) is 0 Å². The SMILES string of the molecule is COc1ccc(/C(O)=C2\C(=O)C(=O)N(c3cccc(C(=O)OC(C)C)c3)C2c2ccncc2)cc1Cl. The van der Waals surface area contributed by atoms with E-state index in [1.165, 1.54) is 36.5 Å². The smallest absolute Gasteiger partial charge is 0.338 e. The second-order valence-electron chi connectivity index (χ2n) is 8.30. The molecule has 1 fully saturated rings. The van der Waals surface area contributed by atoms with Crippen molar-refractivity contribution in [3.8, 4) is 5.75 Å². The van der Waals surface area contributed by atoms with Crippen molar-refractivity contribution in [3.05, 3.63) is 94.3 Å². The molecule has 2 heterocycles. The molecule has 1 unspecified atom stereocenters.